The van der Waals surface area contributed by atoms with Crippen LogP contribution in [0.5, 0.6) is 0 Å². The first-order valence-electron chi connectivity index (χ1n) is 6.75. The van der Waals surface area contributed by atoms with Crippen molar-refractivity contribution in [3.63, 3.8) is 0 Å². The van der Waals surface area contributed by atoms with Crippen molar-refractivity contribution in [1.82, 2.24) is 10.2 Å². The summed E-state index contributed by atoms with van der Waals surface area (Å²) in [5.74, 6) is -0.298. The zero-order valence-corrected chi connectivity index (χ0v) is 11.2. The maximum atomic E-state index is 12.1. The molecule has 1 saturated carbocycles. The Bertz CT molecular complexity index is 379. The van der Waals surface area contributed by atoms with Gasteiger partial charge in [0.05, 0.1) is 13.2 Å². The van der Waals surface area contributed by atoms with Gasteiger partial charge in [0.2, 0.25) is 11.8 Å². The van der Waals surface area contributed by atoms with Crippen molar-refractivity contribution in [2.75, 3.05) is 19.8 Å². The van der Waals surface area contributed by atoms with Gasteiger partial charge in [-0.3, -0.25) is 9.59 Å². The van der Waals surface area contributed by atoms with E-state index in [-0.39, 0.29) is 43.1 Å². The first kappa shape index (κ1) is 14.0. The molecule has 1 heterocycles. The molecule has 1 aliphatic heterocycles. The van der Waals surface area contributed by atoms with Gasteiger partial charge < -0.3 is 19.7 Å². The van der Waals surface area contributed by atoms with E-state index in [2.05, 4.69) is 5.32 Å². The second-order valence-electron chi connectivity index (χ2n) is 5.16. The molecule has 2 amide bonds. The second kappa shape index (κ2) is 6.14. The molecule has 19 heavy (non-hydrogen) atoms. The zero-order chi connectivity index (χ0) is 13.8. The SMILES string of the molecule is CC(=O)CCC(=O)N1CCOCC1C(=O)NC1CC1. The van der Waals surface area contributed by atoms with Gasteiger partial charge in [-0.15, -0.1) is 0 Å². The van der Waals surface area contributed by atoms with Crippen LogP contribution in [0.1, 0.15) is 32.6 Å². The average Bonchev–Trinajstić information content (AvgIpc) is 3.19. The molecule has 1 N–H and O–H groups in total. The highest BCUT2D eigenvalue weighted by atomic mass is 16.5. The number of nitrogens with one attached hydrogen (secondary N) is 1. The van der Waals surface area contributed by atoms with Gasteiger partial charge in [0, 0.05) is 25.4 Å². The van der Waals surface area contributed by atoms with Crippen LogP contribution in [0.15, 0.2) is 0 Å². The first-order chi connectivity index (χ1) is 9.08. The van der Waals surface area contributed by atoms with E-state index in [9.17, 15) is 14.4 Å². The Labute approximate surface area is 112 Å². The molecule has 0 bridgehead atoms. The Morgan fingerprint density at radius 3 is 2.63 bits per heavy atom. The molecule has 0 aromatic rings. The van der Waals surface area contributed by atoms with Gasteiger partial charge in [0.1, 0.15) is 11.8 Å². The van der Waals surface area contributed by atoms with Gasteiger partial charge in [0.25, 0.3) is 0 Å². The third-order valence-electron chi connectivity index (χ3n) is 3.37. The fourth-order valence-corrected chi connectivity index (χ4v) is 2.07. The van der Waals surface area contributed by atoms with Crippen LogP contribution in [-0.2, 0) is 19.1 Å². The molecule has 2 aliphatic rings. The van der Waals surface area contributed by atoms with Crippen molar-refractivity contribution in [2.45, 2.75) is 44.7 Å². The molecule has 1 unspecified atom stereocenters. The van der Waals surface area contributed by atoms with Crippen LogP contribution in [0.2, 0.25) is 0 Å². The summed E-state index contributed by atoms with van der Waals surface area (Å²) in [7, 11) is 0. The molecule has 1 saturated heterocycles. The van der Waals surface area contributed by atoms with E-state index in [1.165, 1.54) is 6.92 Å². The summed E-state index contributed by atoms with van der Waals surface area (Å²) >= 11 is 0. The third-order valence-corrected chi connectivity index (χ3v) is 3.37. The number of rotatable bonds is 5. The molecule has 6 nitrogen and oxygen atoms in total. The summed E-state index contributed by atoms with van der Waals surface area (Å²) in [6.45, 7) is 2.56. The Morgan fingerprint density at radius 1 is 1.26 bits per heavy atom. The lowest BCUT2D eigenvalue weighted by molar-refractivity contribution is -0.149. The molecular weight excluding hydrogens is 248 g/mol. The minimum Gasteiger partial charge on any atom is -0.377 e. The lowest BCUT2D eigenvalue weighted by Gasteiger charge is -2.34. The summed E-state index contributed by atoms with van der Waals surface area (Å²) in [6.07, 6.45) is 2.42. The lowest BCUT2D eigenvalue weighted by atomic mass is 10.1. The number of hydrogen-bond donors (Lipinski definition) is 1. The van der Waals surface area contributed by atoms with Crippen molar-refractivity contribution in [1.29, 1.82) is 0 Å². The summed E-state index contributed by atoms with van der Waals surface area (Å²) in [5.41, 5.74) is 0. The van der Waals surface area contributed by atoms with E-state index in [0.717, 1.165) is 12.8 Å². The molecule has 0 aromatic carbocycles. The van der Waals surface area contributed by atoms with Crippen molar-refractivity contribution < 1.29 is 19.1 Å². The van der Waals surface area contributed by atoms with Gasteiger partial charge in [0.15, 0.2) is 0 Å². The van der Waals surface area contributed by atoms with Crippen molar-refractivity contribution in [2.24, 2.45) is 0 Å². The zero-order valence-electron chi connectivity index (χ0n) is 11.2. The Balaban J connectivity index is 1.91. The van der Waals surface area contributed by atoms with Crippen molar-refractivity contribution in [3.8, 4) is 0 Å². The number of carbonyl (C=O) groups is 3. The highest BCUT2D eigenvalue weighted by Gasteiger charge is 2.35. The Hall–Kier alpha value is -1.43. The largest absolute Gasteiger partial charge is 0.377 e. The molecular formula is C13H20N2O4. The van der Waals surface area contributed by atoms with E-state index in [4.69, 9.17) is 4.74 Å². The lowest BCUT2D eigenvalue weighted by Crippen LogP contribution is -2.56. The fraction of sp³-hybridized carbons (Fsp3) is 0.769. The molecule has 1 atom stereocenters. The maximum absolute atomic E-state index is 12.1. The minimum absolute atomic E-state index is 0.0133. The monoisotopic (exact) mass is 268 g/mol. The summed E-state index contributed by atoms with van der Waals surface area (Å²) < 4.78 is 5.29. The molecule has 106 valence electrons. The maximum Gasteiger partial charge on any atom is 0.245 e. The predicted octanol–water partition coefficient (Wildman–Crippen LogP) is -0.138. The number of morpholine rings is 1. The summed E-state index contributed by atoms with van der Waals surface area (Å²) in [4.78, 5) is 36.6. The number of nitrogens with zero attached hydrogens (tertiary/aromatic N) is 1. The van der Waals surface area contributed by atoms with Gasteiger partial charge in [-0.2, -0.15) is 0 Å². The molecule has 1 aliphatic carbocycles. The molecule has 2 fully saturated rings. The van der Waals surface area contributed by atoms with Crippen LogP contribution in [0.25, 0.3) is 0 Å². The van der Waals surface area contributed by atoms with Gasteiger partial charge >= 0.3 is 0 Å². The topological polar surface area (TPSA) is 75.7 Å². The fourth-order valence-electron chi connectivity index (χ4n) is 2.07. The molecule has 6 heteroatoms. The second-order valence-corrected chi connectivity index (χ2v) is 5.16. The normalized spacial score (nSPS) is 23.0. The molecule has 0 spiro atoms. The average molecular weight is 268 g/mol. The van der Waals surface area contributed by atoms with E-state index >= 15 is 0 Å². The van der Waals surface area contributed by atoms with E-state index < -0.39 is 6.04 Å². The van der Waals surface area contributed by atoms with Crippen LogP contribution in [0.4, 0.5) is 0 Å². The number of ketones is 1. The number of carbonyl (C=O) groups excluding carboxylic acids is 3. The quantitative estimate of drug-likeness (QED) is 0.753. The number of hydrogen-bond acceptors (Lipinski definition) is 4. The van der Waals surface area contributed by atoms with E-state index in [1.807, 2.05) is 0 Å². The molecule has 0 radical (unpaired) electrons. The van der Waals surface area contributed by atoms with Crippen molar-refractivity contribution in [3.05, 3.63) is 0 Å². The number of Topliss-reactive ketones (excluding diaryl/α,β-unsaturated/α-hetero) is 1. The van der Waals surface area contributed by atoms with Crippen molar-refractivity contribution >= 4 is 17.6 Å². The van der Waals surface area contributed by atoms with Gasteiger partial charge in [-0.25, -0.2) is 0 Å². The molecule has 0 aromatic heterocycles. The standard InChI is InChI=1S/C13H20N2O4/c1-9(16)2-5-12(17)15-6-7-19-8-11(15)13(18)14-10-3-4-10/h10-11H,2-8H2,1H3,(H,14,18). The van der Waals surface area contributed by atoms with Crippen LogP contribution in [0.3, 0.4) is 0 Å². The summed E-state index contributed by atoms with van der Waals surface area (Å²) in [5, 5.41) is 2.89. The highest BCUT2D eigenvalue weighted by Crippen LogP contribution is 2.20. The van der Waals surface area contributed by atoms with Crippen LogP contribution in [0, 0.1) is 0 Å². The van der Waals surface area contributed by atoms with E-state index in [0.29, 0.717) is 13.2 Å². The predicted molar refractivity (Wildman–Crippen MR) is 67.4 cm³/mol. The van der Waals surface area contributed by atoms with Gasteiger partial charge in [-0.05, 0) is 19.8 Å². The van der Waals surface area contributed by atoms with Crippen LogP contribution < -0.4 is 5.32 Å². The van der Waals surface area contributed by atoms with E-state index in [1.54, 1.807) is 4.90 Å². The Kier molecular flexibility index (Phi) is 4.52. The van der Waals surface area contributed by atoms with Gasteiger partial charge in [-0.1, -0.05) is 0 Å². The summed E-state index contributed by atoms with van der Waals surface area (Å²) in [6, 6.07) is -0.280. The Morgan fingerprint density at radius 2 is 2.00 bits per heavy atom. The first-order valence-corrected chi connectivity index (χ1v) is 6.75. The van der Waals surface area contributed by atoms with Crippen LogP contribution in [-0.4, -0.2) is 54.3 Å². The third kappa shape index (κ3) is 4.02. The minimum atomic E-state index is -0.547. The van der Waals surface area contributed by atoms with Crippen LogP contribution >= 0.6 is 0 Å². The smallest absolute Gasteiger partial charge is 0.245 e. The highest BCUT2D eigenvalue weighted by molar-refractivity contribution is 5.89. The number of amides is 2. The number of ether oxygens (including phenoxy) is 1. The molecule has 2 rings (SSSR count).